The van der Waals surface area contributed by atoms with E-state index in [1.807, 2.05) is 19.9 Å². The van der Waals surface area contributed by atoms with Crippen LogP contribution in [0.25, 0.3) is 0 Å². The number of ether oxygens (including phenoxy) is 1. The van der Waals surface area contributed by atoms with E-state index in [0.29, 0.717) is 6.42 Å². The van der Waals surface area contributed by atoms with Gasteiger partial charge in [0.05, 0.1) is 6.61 Å². The molecule has 4 heteroatoms. The van der Waals surface area contributed by atoms with Crippen molar-refractivity contribution in [2.24, 2.45) is 0 Å². The second kappa shape index (κ2) is 6.99. The second-order valence-electron chi connectivity index (χ2n) is 3.73. The maximum atomic E-state index is 11.4. The van der Waals surface area contributed by atoms with E-state index >= 15 is 0 Å². The Hall–Kier alpha value is -1.38. The summed E-state index contributed by atoms with van der Waals surface area (Å²) in [4.78, 5) is 21.7. The molecule has 1 unspecified atom stereocenters. The number of carbonyl (C=O) groups excluding carboxylic acids is 2. The van der Waals surface area contributed by atoms with Crippen molar-refractivity contribution < 1.29 is 19.4 Å². The fourth-order valence-electron chi connectivity index (χ4n) is 1.17. The number of aliphatic hydroxyl groups is 1. The molecule has 0 fully saturated rings. The molecule has 1 atom stereocenters. The lowest BCUT2D eigenvalue weighted by Gasteiger charge is -2.20. The molecule has 0 aliphatic rings. The summed E-state index contributed by atoms with van der Waals surface area (Å²) in [7, 11) is 0. The van der Waals surface area contributed by atoms with E-state index in [1.165, 1.54) is 5.94 Å². The van der Waals surface area contributed by atoms with Gasteiger partial charge in [0.25, 0.3) is 0 Å². The average molecular weight is 226 g/mol. The van der Waals surface area contributed by atoms with E-state index in [2.05, 4.69) is 0 Å². The molecule has 0 heterocycles. The summed E-state index contributed by atoms with van der Waals surface area (Å²) >= 11 is 0. The molecule has 4 nitrogen and oxygen atoms in total. The number of hydrogen-bond acceptors (Lipinski definition) is 4. The Balaban J connectivity index is 4.63. The van der Waals surface area contributed by atoms with Crippen LogP contribution in [0.3, 0.4) is 0 Å². The van der Waals surface area contributed by atoms with Crippen molar-refractivity contribution in [2.75, 3.05) is 6.61 Å². The van der Waals surface area contributed by atoms with Gasteiger partial charge in [-0.05, 0) is 33.6 Å². The molecule has 16 heavy (non-hydrogen) atoms. The normalized spacial score (nSPS) is 13.2. The first kappa shape index (κ1) is 14.6. The predicted octanol–water partition coefficient (Wildman–Crippen LogP) is 1.41. The summed E-state index contributed by atoms with van der Waals surface area (Å²) in [6, 6.07) is 0. The topological polar surface area (TPSA) is 63.6 Å². The molecule has 0 aromatic carbocycles. The number of rotatable bonds is 6. The standard InChI is InChI=1S/C12H18O4/c1-4-16-11(14)12(15,8-9-13)7-5-6-10(2)3/h6,8,15H,4-5,7H2,1-3H3. The Morgan fingerprint density at radius 3 is 2.56 bits per heavy atom. The van der Waals surface area contributed by atoms with Crippen LogP contribution in [0.5, 0.6) is 0 Å². The first-order valence-electron chi connectivity index (χ1n) is 5.21. The molecule has 0 aromatic rings. The lowest BCUT2D eigenvalue weighted by molar-refractivity contribution is -0.160. The minimum absolute atomic E-state index is 0.117. The van der Waals surface area contributed by atoms with Gasteiger partial charge in [0.15, 0.2) is 5.60 Å². The molecule has 90 valence electrons. The highest BCUT2D eigenvalue weighted by Crippen LogP contribution is 2.17. The number of esters is 1. The largest absolute Gasteiger partial charge is 0.464 e. The third-order valence-corrected chi connectivity index (χ3v) is 2.00. The molecule has 0 amide bonds. The van der Waals surface area contributed by atoms with Crippen LogP contribution in [0.1, 0.15) is 33.6 Å². The first-order chi connectivity index (χ1) is 7.46. The van der Waals surface area contributed by atoms with Crippen LogP contribution in [-0.4, -0.2) is 29.2 Å². The summed E-state index contributed by atoms with van der Waals surface area (Å²) in [5.74, 6) is 0.634. The maximum Gasteiger partial charge on any atom is 0.342 e. The molecule has 0 radical (unpaired) electrons. The van der Waals surface area contributed by atoms with Gasteiger partial charge in [-0.25, -0.2) is 9.59 Å². The fraction of sp³-hybridized carbons (Fsp3) is 0.583. The Morgan fingerprint density at radius 2 is 2.12 bits per heavy atom. The van der Waals surface area contributed by atoms with Gasteiger partial charge in [-0.1, -0.05) is 11.6 Å². The number of allylic oxidation sites excluding steroid dienone is 2. The molecular weight excluding hydrogens is 208 g/mol. The molecule has 0 spiro atoms. The van der Waals surface area contributed by atoms with Crippen molar-refractivity contribution in [3.63, 3.8) is 0 Å². The lowest BCUT2D eigenvalue weighted by atomic mass is 9.97. The zero-order valence-corrected chi connectivity index (χ0v) is 9.95. The SMILES string of the molecule is CCOC(=O)C(O)(C=C=O)CCC=C(C)C. The first-order valence-corrected chi connectivity index (χ1v) is 5.21. The average Bonchev–Trinajstić information content (AvgIpc) is 2.17. The van der Waals surface area contributed by atoms with Crippen molar-refractivity contribution >= 4 is 11.9 Å². The quantitative estimate of drug-likeness (QED) is 0.422. The summed E-state index contributed by atoms with van der Waals surface area (Å²) < 4.78 is 4.70. The molecule has 0 saturated carbocycles. The molecule has 0 aliphatic heterocycles. The molecule has 0 saturated heterocycles. The highest BCUT2D eigenvalue weighted by atomic mass is 16.5. The van der Waals surface area contributed by atoms with Gasteiger partial charge in [-0.2, -0.15) is 0 Å². The number of carbonyl (C=O) groups is 1. The molecule has 0 bridgehead atoms. The highest BCUT2D eigenvalue weighted by Gasteiger charge is 2.34. The van der Waals surface area contributed by atoms with Crippen molar-refractivity contribution in [1.29, 1.82) is 0 Å². The van der Waals surface area contributed by atoms with E-state index in [0.717, 1.165) is 11.6 Å². The van der Waals surface area contributed by atoms with Crippen molar-refractivity contribution in [2.45, 2.75) is 39.2 Å². The van der Waals surface area contributed by atoms with Gasteiger partial charge in [-0.15, -0.1) is 0 Å². The zero-order valence-electron chi connectivity index (χ0n) is 9.95. The van der Waals surface area contributed by atoms with Crippen LogP contribution in [-0.2, 0) is 14.3 Å². The minimum Gasteiger partial charge on any atom is -0.464 e. The van der Waals surface area contributed by atoms with Crippen molar-refractivity contribution in [3.8, 4) is 0 Å². The third-order valence-electron chi connectivity index (χ3n) is 2.00. The Labute approximate surface area is 95.6 Å². The van der Waals surface area contributed by atoms with Crippen molar-refractivity contribution in [1.82, 2.24) is 0 Å². The monoisotopic (exact) mass is 226 g/mol. The predicted molar refractivity (Wildman–Crippen MR) is 60.5 cm³/mol. The Bertz CT molecular complexity index is 309. The van der Waals surface area contributed by atoms with E-state index < -0.39 is 11.6 Å². The molecule has 0 aromatic heterocycles. The van der Waals surface area contributed by atoms with Crippen molar-refractivity contribution in [3.05, 3.63) is 17.7 Å². The molecular formula is C12H18O4. The van der Waals surface area contributed by atoms with Crippen LogP contribution in [0.2, 0.25) is 0 Å². The van der Waals surface area contributed by atoms with E-state index in [-0.39, 0.29) is 13.0 Å². The van der Waals surface area contributed by atoms with Crippen LogP contribution < -0.4 is 0 Å². The smallest absolute Gasteiger partial charge is 0.342 e. The van der Waals surface area contributed by atoms with E-state index in [9.17, 15) is 14.7 Å². The van der Waals surface area contributed by atoms with Gasteiger partial charge in [0.1, 0.15) is 5.94 Å². The summed E-state index contributed by atoms with van der Waals surface area (Å²) in [6.07, 6.45) is 3.30. The van der Waals surface area contributed by atoms with Crippen LogP contribution >= 0.6 is 0 Å². The van der Waals surface area contributed by atoms with Crippen LogP contribution in [0.15, 0.2) is 17.7 Å². The summed E-state index contributed by atoms with van der Waals surface area (Å²) in [6.45, 7) is 5.63. The van der Waals surface area contributed by atoms with Gasteiger partial charge in [0, 0.05) is 6.08 Å². The maximum absolute atomic E-state index is 11.4. The number of hydrogen-bond donors (Lipinski definition) is 1. The van der Waals surface area contributed by atoms with Crippen LogP contribution in [0, 0.1) is 0 Å². The fourth-order valence-corrected chi connectivity index (χ4v) is 1.17. The Morgan fingerprint density at radius 1 is 1.50 bits per heavy atom. The van der Waals surface area contributed by atoms with E-state index in [4.69, 9.17) is 4.74 Å². The van der Waals surface area contributed by atoms with Gasteiger partial charge >= 0.3 is 5.97 Å². The zero-order chi connectivity index (χ0) is 12.6. The third kappa shape index (κ3) is 4.91. The summed E-state index contributed by atoms with van der Waals surface area (Å²) in [5, 5.41) is 9.90. The summed E-state index contributed by atoms with van der Waals surface area (Å²) in [5.41, 5.74) is -0.773. The van der Waals surface area contributed by atoms with Gasteiger partial charge in [0.2, 0.25) is 0 Å². The highest BCUT2D eigenvalue weighted by molar-refractivity contribution is 5.84. The van der Waals surface area contributed by atoms with Gasteiger partial charge in [-0.3, -0.25) is 0 Å². The Kier molecular flexibility index (Phi) is 6.38. The minimum atomic E-state index is -1.86. The molecule has 0 rings (SSSR count). The lowest BCUT2D eigenvalue weighted by Crippen LogP contribution is -2.38. The van der Waals surface area contributed by atoms with Gasteiger partial charge < -0.3 is 9.84 Å². The second-order valence-corrected chi connectivity index (χ2v) is 3.73. The van der Waals surface area contributed by atoms with E-state index in [1.54, 1.807) is 6.92 Å². The molecule has 0 aliphatic carbocycles. The van der Waals surface area contributed by atoms with Crippen LogP contribution in [0.4, 0.5) is 0 Å². The molecule has 1 N–H and O–H groups in total.